The van der Waals surface area contributed by atoms with Crippen molar-refractivity contribution >= 4 is 15.8 Å². The molecular formula is C14H19N5O2S. The molecule has 0 saturated carbocycles. The molecule has 118 valence electrons. The fourth-order valence-electron chi connectivity index (χ4n) is 2.71. The summed E-state index contributed by atoms with van der Waals surface area (Å²) in [5, 5.41) is 7.46. The molecule has 1 fully saturated rings. The van der Waals surface area contributed by atoms with Crippen LogP contribution in [0.15, 0.2) is 18.5 Å². The number of sulfone groups is 1. The zero-order chi connectivity index (χ0) is 15.7. The minimum Gasteiger partial charge on any atom is -0.354 e. The van der Waals surface area contributed by atoms with Gasteiger partial charge in [0, 0.05) is 31.5 Å². The van der Waals surface area contributed by atoms with E-state index in [0.717, 1.165) is 17.0 Å². The van der Waals surface area contributed by atoms with Crippen LogP contribution in [0.2, 0.25) is 0 Å². The molecule has 0 spiro atoms. The Labute approximate surface area is 129 Å². The molecule has 0 aliphatic carbocycles. The van der Waals surface area contributed by atoms with E-state index in [-0.39, 0.29) is 17.4 Å². The van der Waals surface area contributed by atoms with E-state index in [0.29, 0.717) is 18.9 Å². The van der Waals surface area contributed by atoms with Crippen LogP contribution in [0.3, 0.4) is 0 Å². The maximum absolute atomic E-state index is 11.5. The largest absolute Gasteiger partial charge is 0.354 e. The van der Waals surface area contributed by atoms with Gasteiger partial charge in [0.25, 0.3) is 0 Å². The summed E-state index contributed by atoms with van der Waals surface area (Å²) in [6, 6.07) is 1.84. The molecule has 1 aliphatic rings. The Morgan fingerprint density at radius 2 is 2.27 bits per heavy atom. The summed E-state index contributed by atoms with van der Waals surface area (Å²) in [5.74, 6) is 1.19. The van der Waals surface area contributed by atoms with E-state index in [9.17, 15) is 8.42 Å². The van der Waals surface area contributed by atoms with Crippen molar-refractivity contribution in [1.29, 1.82) is 0 Å². The lowest BCUT2D eigenvalue weighted by molar-refractivity contribution is 0.595. The third-order valence-corrected chi connectivity index (χ3v) is 5.66. The number of aryl methyl sites for hydroxylation is 2. The highest BCUT2D eigenvalue weighted by molar-refractivity contribution is 7.91. The van der Waals surface area contributed by atoms with Gasteiger partial charge in [-0.15, -0.1) is 0 Å². The van der Waals surface area contributed by atoms with Crippen molar-refractivity contribution in [2.45, 2.75) is 13.3 Å². The average Bonchev–Trinajstić information content (AvgIpc) is 2.98. The van der Waals surface area contributed by atoms with Gasteiger partial charge in [0.05, 0.1) is 22.9 Å². The Kier molecular flexibility index (Phi) is 3.86. The highest BCUT2D eigenvalue weighted by atomic mass is 32.2. The van der Waals surface area contributed by atoms with Crippen LogP contribution in [0.1, 0.15) is 12.1 Å². The lowest BCUT2D eigenvalue weighted by Gasteiger charge is -2.10. The standard InChI is InChI=1S/C14H19N5O2S/c1-10-12(8-19(2)18-10)13-3-5-15-14(17-13)16-7-11-4-6-22(20,21)9-11/h3,5,8,11H,4,6-7,9H2,1-2H3,(H,15,16,17)/t11-/m1/s1. The highest BCUT2D eigenvalue weighted by Crippen LogP contribution is 2.21. The van der Waals surface area contributed by atoms with Crippen molar-refractivity contribution in [1.82, 2.24) is 19.7 Å². The topological polar surface area (TPSA) is 89.8 Å². The van der Waals surface area contributed by atoms with Crippen LogP contribution in [0.4, 0.5) is 5.95 Å². The molecule has 3 rings (SSSR count). The van der Waals surface area contributed by atoms with Crippen molar-refractivity contribution in [3.63, 3.8) is 0 Å². The van der Waals surface area contributed by atoms with Crippen LogP contribution < -0.4 is 5.32 Å². The van der Waals surface area contributed by atoms with Crippen LogP contribution in [0.25, 0.3) is 11.3 Å². The van der Waals surface area contributed by atoms with E-state index in [1.54, 1.807) is 10.9 Å². The fraction of sp³-hybridized carbons (Fsp3) is 0.500. The van der Waals surface area contributed by atoms with E-state index in [1.807, 2.05) is 26.2 Å². The number of nitrogens with one attached hydrogen (secondary N) is 1. The molecule has 2 aromatic rings. The molecule has 1 N–H and O–H groups in total. The van der Waals surface area contributed by atoms with E-state index < -0.39 is 9.84 Å². The summed E-state index contributed by atoms with van der Waals surface area (Å²) in [7, 11) is -0.973. The molecule has 22 heavy (non-hydrogen) atoms. The van der Waals surface area contributed by atoms with Crippen molar-refractivity contribution in [3.8, 4) is 11.3 Å². The lowest BCUT2D eigenvalue weighted by Crippen LogP contribution is -2.17. The molecule has 2 aromatic heterocycles. The fourth-order valence-corrected chi connectivity index (χ4v) is 4.58. The Morgan fingerprint density at radius 3 is 2.91 bits per heavy atom. The second-order valence-corrected chi connectivity index (χ2v) is 7.95. The lowest BCUT2D eigenvalue weighted by atomic mass is 10.1. The Morgan fingerprint density at radius 1 is 1.45 bits per heavy atom. The first-order valence-corrected chi connectivity index (χ1v) is 9.03. The maximum Gasteiger partial charge on any atom is 0.223 e. The van der Waals surface area contributed by atoms with E-state index in [4.69, 9.17) is 0 Å². The van der Waals surface area contributed by atoms with Crippen molar-refractivity contribution in [2.75, 3.05) is 23.4 Å². The zero-order valence-corrected chi connectivity index (χ0v) is 13.5. The van der Waals surface area contributed by atoms with Gasteiger partial charge in [-0.25, -0.2) is 18.4 Å². The summed E-state index contributed by atoms with van der Waals surface area (Å²) < 4.78 is 24.7. The summed E-state index contributed by atoms with van der Waals surface area (Å²) in [5.41, 5.74) is 2.69. The monoisotopic (exact) mass is 321 g/mol. The molecular weight excluding hydrogens is 302 g/mol. The van der Waals surface area contributed by atoms with Gasteiger partial charge in [0.2, 0.25) is 5.95 Å². The van der Waals surface area contributed by atoms with Gasteiger partial charge < -0.3 is 5.32 Å². The molecule has 7 nitrogen and oxygen atoms in total. The van der Waals surface area contributed by atoms with Crippen LogP contribution >= 0.6 is 0 Å². The molecule has 8 heteroatoms. The zero-order valence-electron chi connectivity index (χ0n) is 12.7. The summed E-state index contributed by atoms with van der Waals surface area (Å²) in [4.78, 5) is 8.69. The maximum atomic E-state index is 11.5. The molecule has 0 unspecified atom stereocenters. The van der Waals surface area contributed by atoms with Crippen LogP contribution in [0.5, 0.6) is 0 Å². The van der Waals surface area contributed by atoms with Crippen LogP contribution in [0, 0.1) is 12.8 Å². The van der Waals surface area contributed by atoms with Crippen molar-refractivity contribution in [2.24, 2.45) is 13.0 Å². The van der Waals surface area contributed by atoms with Gasteiger partial charge in [-0.3, -0.25) is 4.68 Å². The predicted octanol–water partition coefficient (Wildman–Crippen LogP) is 1.03. The molecule has 0 radical (unpaired) electrons. The summed E-state index contributed by atoms with van der Waals surface area (Å²) >= 11 is 0. The predicted molar refractivity (Wildman–Crippen MR) is 84.2 cm³/mol. The quantitative estimate of drug-likeness (QED) is 0.904. The Hall–Kier alpha value is -1.96. The van der Waals surface area contributed by atoms with Crippen molar-refractivity contribution < 1.29 is 8.42 Å². The van der Waals surface area contributed by atoms with Gasteiger partial charge in [0.15, 0.2) is 9.84 Å². The summed E-state index contributed by atoms with van der Waals surface area (Å²) in [6.45, 7) is 2.52. The van der Waals surface area contributed by atoms with Gasteiger partial charge in [-0.05, 0) is 25.3 Å². The number of hydrogen-bond acceptors (Lipinski definition) is 6. The van der Waals surface area contributed by atoms with E-state index in [1.165, 1.54) is 0 Å². The molecule has 0 aromatic carbocycles. The number of rotatable bonds is 4. The van der Waals surface area contributed by atoms with Gasteiger partial charge in [0.1, 0.15) is 0 Å². The van der Waals surface area contributed by atoms with E-state index >= 15 is 0 Å². The number of anilines is 1. The van der Waals surface area contributed by atoms with Crippen molar-refractivity contribution in [3.05, 3.63) is 24.2 Å². The third-order valence-electron chi connectivity index (χ3n) is 3.82. The normalized spacial score (nSPS) is 20.2. The first-order valence-electron chi connectivity index (χ1n) is 7.21. The van der Waals surface area contributed by atoms with Crippen LogP contribution in [-0.2, 0) is 16.9 Å². The number of aromatic nitrogens is 4. The first kappa shape index (κ1) is 15.0. The molecule has 3 heterocycles. The van der Waals surface area contributed by atoms with Gasteiger partial charge >= 0.3 is 0 Å². The van der Waals surface area contributed by atoms with Gasteiger partial charge in [-0.2, -0.15) is 5.10 Å². The summed E-state index contributed by atoms with van der Waals surface area (Å²) in [6.07, 6.45) is 4.32. The van der Waals surface area contributed by atoms with Crippen LogP contribution in [-0.4, -0.2) is 46.2 Å². The second-order valence-electron chi connectivity index (χ2n) is 5.72. The smallest absolute Gasteiger partial charge is 0.223 e. The second kappa shape index (κ2) is 5.68. The van der Waals surface area contributed by atoms with E-state index in [2.05, 4.69) is 20.4 Å². The molecule has 1 saturated heterocycles. The minimum atomic E-state index is -2.85. The third kappa shape index (κ3) is 3.27. The number of nitrogens with zero attached hydrogens (tertiary/aromatic N) is 4. The Balaban J connectivity index is 1.71. The Bertz CT molecular complexity index is 784. The first-order chi connectivity index (χ1) is 10.4. The SMILES string of the molecule is Cc1nn(C)cc1-c1ccnc(NC[C@H]2CCS(=O)(=O)C2)n1. The molecule has 0 amide bonds. The van der Waals surface area contributed by atoms with Gasteiger partial charge in [-0.1, -0.05) is 0 Å². The highest BCUT2D eigenvalue weighted by Gasteiger charge is 2.27. The average molecular weight is 321 g/mol. The molecule has 0 bridgehead atoms. The number of hydrogen-bond donors (Lipinski definition) is 1. The minimum absolute atomic E-state index is 0.136. The molecule has 1 aliphatic heterocycles. The molecule has 1 atom stereocenters.